The minimum Gasteiger partial charge on any atom is -0.462 e. The number of halogens is 1. The minimum absolute atomic E-state index is 0.0547. The van der Waals surface area contributed by atoms with Gasteiger partial charge in [0.15, 0.2) is 22.5 Å². The van der Waals surface area contributed by atoms with Gasteiger partial charge in [-0.1, -0.05) is 11.6 Å². The molecule has 2 rings (SSSR count). The van der Waals surface area contributed by atoms with Gasteiger partial charge in [0.05, 0.1) is 6.54 Å². The van der Waals surface area contributed by atoms with Crippen LogP contribution in [-0.4, -0.2) is 41.4 Å². The number of aromatic nitrogens is 2. The van der Waals surface area contributed by atoms with Crippen molar-refractivity contribution in [2.75, 3.05) is 24.6 Å². The molecule has 1 aliphatic rings. The first kappa shape index (κ1) is 13.8. The van der Waals surface area contributed by atoms with Crippen molar-refractivity contribution >= 4 is 41.5 Å². The van der Waals surface area contributed by atoms with Gasteiger partial charge in [-0.05, 0) is 0 Å². The molecule has 0 unspecified atom stereocenters. The van der Waals surface area contributed by atoms with Crippen LogP contribution < -0.4 is 22.3 Å². The van der Waals surface area contributed by atoms with Crippen LogP contribution in [0.1, 0.15) is 10.5 Å². The summed E-state index contributed by atoms with van der Waals surface area (Å²) >= 11 is 5.66. The van der Waals surface area contributed by atoms with Crippen molar-refractivity contribution in [3.63, 3.8) is 0 Å². The number of hydrazine groups is 1. The van der Waals surface area contributed by atoms with Gasteiger partial charge in [-0.25, -0.2) is 15.0 Å². The molecule has 0 aliphatic carbocycles. The van der Waals surface area contributed by atoms with Crippen LogP contribution in [0.3, 0.4) is 0 Å². The summed E-state index contributed by atoms with van der Waals surface area (Å²) < 4.78 is 5.05. The Bertz CT molecular complexity index is 588. The number of amides is 1. The highest BCUT2D eigenvalue weighted by atomic mass is 35.5. The van der Waals surface area contributed by atoms with E-state index in [-0.39, 0.29) is 22.5 Å². The summed E-state index contributed by atoms with van der Waals surface area (Å²) in [6.45, 7) is 1.09. The number of nitrogens with two attached hydrogens (primary N) is 2. The Balaban J connectivity index is 1.95. The summed E-state index contributed by atoms with van der Waals surface area (Å²) in [5.74, 6) is -0.924. The maximum Gasteiger partial charge on any atom is 0.304 e. The number of nitrogen functional groups attached to an aromatic ring is 2. The molecule has 106 valence electrons. The number of aliphatic imine (C=N–C) groups is 2. The number of hydrogen-bond donors (Lipinski definition) is 4. The first-order chi connectivity index (χ1) is 9.58. The molecule has 1 amide bonds. The van der Waals surface area contributed by atoms with Crippen molar-refractivity contribution in [2.24, 2.45) is 9.98 Å². The Kier molecular flexibility index (Phi) is 4.15. The molecule has 0 atom stereocenters. The number of nitrogens with one attached hydrogen (secondary N) is 2. The summed E-state index contributed by atoms with van der Waals surface area (Å²) in [4.78, 5) is 26.6. The number of hydrogen-bond acceptors (Lipinski definition) is 8. The lowest BCUT2D eigenvalue weighted by Crippen LogP contribution is -2.36. The van der Waals surface area contributed by atoms with E-state index in [0.29, 0.717) is 19.2 Å². The number of nitrogens with zero attached hydrogens (tertiary/aromatic N) is 4. The average Bonchev–Trinajstić information content (AvgIpc) is 2.92. The van der Waals surface area contributed by atoms with Gasteiger partial charge in [0.2, 0.25) is 0 Å². The third-order valence-electron chi connectivity index (χ3n) is 2.12. The van der Waals surface area contributed by atoms with Crippen molar-refractivity contribution in [3.8, 4) is 0 Å². The predicted molar refractivity (Wildman–Crippen MR) is 73.2 cm³/mol. The first-order valence-corrected chi connectivity index (χ1v) is 5.80. The van der Waals surface area contributed by atoms with Gasteiger partial charge in [0.1, 0.15) is 12.9 Å². The van der Waals surface area contributed by atoms with Crippen molar-refractivity contribution in [1.29, 1.82) is 0 Å². The Morgan fingerprint density at radius 3 is 2.90 bits per heavy atom. The number of carbonyl (C=O) groups is 1. The van der Waals surface area contributed by atoms with Crippen LogP contribution in [-0.2, 0) is 4.74 Å². The van der Waals surface area contributed by atoms with Crippen LogP contribution >= 0.6 is 11.6 Å². The molecule has 6 N–H and O–H groups in total. The van der Waals surface area contributed by atoms with Gasteiger partial charge in [0.25, 0.3) is 0 Å². The zero-order valence-corrected chi connectivity index (χ0v) is 10.9. The average molecular weight is 299 g/mol. The summed E-state index contributed by atoms with van der Waals surface area (Å²) in [7, 11) is 0. The molecule has 1 aromatic heterocycles. The summed E-state index contributed by atoms with van der Waals surface area (Å²) in [5, 5.41) is -0.113. The highest BCUT2D eigenvalue weighted by molar-refractivity contribution is 6.31. The van der Waals surface area contributed by atoms with E-state index in [1.807, 2.05) is 0 Å². The quantitative estimate of drug-likeness (QED) is 0.313. The number of carbonyl (C=O) groups excluding carboxylic acids is 1. The maximum absolute atomic E-state index is 11.7. The molecule has 0 saturated carbocycles. The van der Waals surface area contributed by atoms with E-state index in [1.165, 1.54) is 0 Å². The summed E-state index contributed by atoms with van der Waals surface area (Å²) in [5.41, 5.74) is 15.8. The van der Waals surface area contributed by atoms with Crippen molar-refractivity contribution < 1.29 is 9.53 Å². The van der Waals surface area contributed by atoms with E-state index in [2.05, 4.69) is 30.8 Å². The number of ether oxygens (including phenoxy) is 1. The normalized spacial score (nSPS) is 13.9. The monoisotopic (exact) mass is 298 g/mol. The molecule has 0 aromatic carbocycles. The van der Waals surface area contributed by atoms with E-state index in [1.54, 1.807) is 0 Å². The molecule has 0 saturated heterocycles. The number of anilines is 2. The molecule has 10 nitrogen and oxygen atoms in total. The number of amidine groups is 1. The van der Waals surface area contributed by atoms with Gasteiger partial charge in [-0.15, -0.1) is 0 Å². The van der Waals surface area contributed by atoms with Crippen molar-refractivity contribution in [3.05, 3.63) is 10.8 Å². The SMILES string of the molecule is Nc1nc(N)c(C(=O)N=CNNC2=NCCO2)nc1Cl. The third kappa shape index (κ3) is 3.23. The zero-order chi connectivity index (χ0) is 14.5. The molecule has 0 bridgehead atoms. The van der Waals surface area contributed by atoms with E-state index in [9.17, 15) is 4.79 Å². The van der Waals surface area contributed by atoms with Gasteiger partial charge in [0, 0.05) is 0 Å². The van der Waals surface area contributed by atoms with Gasteiger partial charge in [-0.3, -0.25) is 15.6 Å². The van der Waals surface area contributed by atoms with E-state index in [0.717, 1.165) is 6.34 Å². The molecule has 20 heavy (non-hydrogen) atoms. The second kappa shape index (κ2) is 6.02. The second-order valence-electron chi connectivity index (χ2n) is 3.50. The fourth-order valence-corrected chi connectivity index (χ4v) is 1.38. The molecule has 11 heteroatoms. The van der Waals surface area contributed by atoms with Crippen LogP contribution in [0.25, 0.3) is 0 Å². The Labute approximate surface area is 118 Å². The molecule has 0 fully saturated rings. The standard InChI is InChI=1S/C9H11ClN8O2/c10-5-7(12)17-6(11)4(16-5)8(19)14-3-15-18-9-13-1-2-20-9/h3H,1-2H2,(H,13,18)(H4,11,12,17)(H,14,15,19). The smallest absolute Gasteiger partial charge is 0.304 e. The second-order valence-corrected chi connectivity index (χ2v) is 3.86. The highest BCUT2D eigenvalue weighted by Crippen LogP contribution is 2.17. The fraction of sp³-hybridized carbons (Fsp3) is 0.222. The molecular weight excluding hydrogens is 288 g/mol. The van der Waals surface area contributed by atoms with E-state index >= 15 is 0 Å². The summed E-state index contributed by atoms with van der Waals surface area (Å²) in [6.07, 6.45) is 1.10. The molecule has 0 spiro atoms. The Morgan fingerprint density at radius 1 is 1.40 bits per heavy atom. The predicted octanol–water partition coefficient (Wildman–Crippen LogP) is -1.06. The lowest BCUT2D eigenvalue weighted by molar-refractivity contribution is 0.0999. The lowest BCUT2D eigenvalue weighted by Gasteiger charge is -2.04. The zero-order valence-electron chi connectivity index (χ0n) is 10.1. The fourth-order valence-electron chi connectivity index (χ4n) is 1.26. The minimum atomic E-state index is -0.722. The van der Waals surface area contributed by atoms with Crippen LogP contribution in [0.15, 0.2) is 9.98 Å². The van der Waals surface area contributed by atoms with Crippen LogP contribution in [0.5, 0.6) is 0 Å². The van der Waals surface area contributed by atoms with Gasteiger partial charge >= 0.3 is 11.9 Å². The molecular formula is C9H11ClN8O2. The van der Waals surface area contributed by atoms with Gasteiger partial charge < -0.3 is 16.2 Å². The molecule has 1 aliphatic heterocycles. The topological polar surface area (TPSA) is 153 Å². The highest BCUT2D eigenvalue weighted by Gasteiger charge is 2.14. The van der Waals surface area contributed by atoms with E-state index in [4.69, 9.17) is 27.8 Å². The lowest BCUT2D eigenvalue weighted by atomic mass is 10.4. The third-order valence-corrected chi connectivity index (χ3v) is 2.40. The van der Waals surface area contributed by atoms with Crippen LogP contribution in [0.4, 0.5) is 11.6 Å². The van der Waals surface area contributed by atoms with Crippen molar-refractivity contribution in [1.82, 2.24) is 20.8 Å². The first-order valence-electron chi connectivity index (χ1n) is 5.42. The van der Waals surface area contributed by atoms with Crippen molar-refractivity contribution in [2.45, 2.75) is 0 Å². The molecule has 0 radical (unpaired) electrons. The summed E-state index contributed by atoms with van der Waals surface area (Å²) in [6, 6.07) is 0.318. The number of rotatable bonds is 3. The molecule has 2 heterocycles. The van der Waals surface area contributed by atoms with Gasteiger partial charge in [-0.2, -0.15) is 4.99 Å². The molecule has 1 aromatic rings. The maximum atomic E-state index is 11.7. The van der Waals surface area contributed by atoms with E-state index < -0.39 is 5.91 Å². The Morgan fingerprint density at radius 2 is 2.20 bits per heavy atom. The van der Waals surface area contributed by atoms with Crippen LogP contribution in [0.2, 0.25) is 5.15 Å². The van der Waals surface area contributed by atoms with Crippen LogP contribution in [0, 0.1) is 0 Å². The largest absolute Gasteiger partial charge is 0.462 e. The Hall–Kier alpha value is -2.62.